The van der Waals surface area contributed by atoms with Crippen molar-refractivity contribution in [2.24, 2.45) is 0 Å². The van der Waals surface area contributed by atoms with Crippen molar-refractivity contribution in [3.8, 4) is 11.5 Å². The predicted octanol–water partition coefficient (Wildman–Crippen LogP) is 4.14. The van der Waals surface area contributed by atoms with Gasteiger partial charge in [-0.15, -0.1) is 0 Å². The maximum atomic E-state index is 12.8. The number of amides is 1. The summed E-state index contributed by atoms with van der Waals surface area (Å²) >= 11 is 0. The third-order valence-corrected chi connectivity index (χ3v) is 5.45. The number of carbonyl (C=O) groups is 1. The van der Waals surface area contributed by atoms with Crippen molar-refractivity contribution in [3.05, 3.63) is 54.4 Å². The maximum Gasteiger partial charge on any atom is 0.263 e. The predicted molar refractivity (Wildman–Crippen MR) is 112 cm³/mol. The second-order valence-corrected chi connectivity index (χ2v) is 7.42. The summed E-state index contributed by atoms with van der Waals surface area (Å²) in [6, 6.07) is 13.5. The Hall–Kier alpha value is -3.02. The van der Waals surface area contributed by atoms with Gasteiger partial charge in [0.25, 0.3) is 5.91 Å². The summed E-state index contributed by atoms with van der Waals surface area (Å²) in [6.07, 6.45) is 3.18. The van der Waals surface area contributed by atoms with Crippen LogP contribution in [0.2, 0.25) is 0 Å². The van der Waals surface area contributed by atoms with E-state index in [1.807, 2.05) is 61.3 Å². The molecule has 3 heterocycles. The van der Waals surface area contributed by atoms with E-state index in [9.17, 15) is 4.79 Å². The molecule has 1 aliphatic rings. The van der Waals surface area contributed by atoms with Gasteiger partial charge in [-0.1, -0.05) is 0 Å². The molecule has 1 aliphatic heterocycles. The number of piperidine rings is 1. The molecular formula is C23H27N3O3. The largest absolute Gasteiger partial charge is 0.494 e. The minimum absolute atomic E-state index is 0.0376. The molecule has 2 aromatic heterocycles. The van der Waals surface area contributed by atoms with Crippen molar-refractivity contribution in [1.82, 2.24) is 14.9 Å². The molecule has 6 nitrogen and oxygen atoms in total. The first-order chi connectivity index (χ1) is 14.1. The van der Waals surface area contributed by atoms with Crippen molar-refractivity contribution >= 4 is 16.9 Å². The molecule has 0 saturated carbocycles. The van der Waals surface area contributed by atoms with Crippen molar-refractivity contribution in [3.63, 3.8) is 0 Å². The van der Waals surface area contributed by atoms with Gasteiger partial charge in [0.15, 0.2) is 6.10 Å². The smallest absolute Gasteiger partial charge is 0.263 e. The number of nitrogens with zero attached hydrogens (tertiary/aromatic N) is 2. The lowest BCUT2D eigenvalue weighted by molar-refractivity contribution is -0.139. The molecule has 1 fully saturated rings. The number of benzene rings is 1. The quantitative estimate of drug-likeness (QED) is 0.684. The highest BCUT2D eigenvalue weighted by Gasteiger charge is 2.28. The van der Waals surface area contributed by atoms with Crippen LogP contribution >= 0.6 is 0 Å². The molecule has 3 aromatic rings. The number of fused-ring (bicyclic) bond motifs is 1. The van der Waals surface area contributed by atoms with Crippen LogP contribution in [0.1, 0.15) is 38.3 Å². The van der Waals surface area contributed by atoms with Gasteiger partial charge < -0.3 is 19.4 Å². The van der Waals surface area contributed by atoms with Crippen LogP contribution in [-0.2, 0) is 4.79 Å². The Morgan fingerprint density at radius 3 is 2.62 bits per heavy atom. The van der Waals surface area contributed by atoms with Crippen molar-refractivity contribution in [2.45, 2.75) is 38.7 Å². The Morgan fingerprint density at radius 1 is 1.21 bits per heavy atom. The SMILES string of the molecule is CCOc1ccc(O[C@@H](C)C(=O)N2CCC(c3cc4ncccc4[nH]3)CC2)cc1. The van der Waals surface area contributed by atoms with Crippen molar-refractivity contribution in [1.29, 1.82) is 0 Å². The monoisotopic (exact) mass is 393 g/mol. The summed E-state index contributed by atoms with van der Waals surface area (Å²) in [6.45, 7) is 5.87. The molecule has 0 bridgehead atoms. The number of pyridine rings is 1. The van der Waals surface area contributed by atoms with Crippen LogP contribution in [0.25, 0.3) is 11.0 Å². The Balaban J connectivity index is 1.32. The van der Waals surface area contributed by atoms with E-state index in [-0.39, 0.29) is 5.91 Å². The lowest BCUT2D eigenvalue weighted by Gasteiger charge is -2.33. The van der Waals surface area contributed by atoms with E-state index in [1.54, 1.807) is 0 Å². The molecule has 1 saturated heterocycles. The second kappa shape index (κ2) is 8.55. The number of aromatic nitrogens is 2. The van der Waals surface area contributed by atoms with E-state index in [1.165, 1.54) is 5.69 Å². The van der Waals surface area contributed by atoms with Crippen LogP contribution in [0.5, 0.6) is 11.5 Å². The number of hydrogen-bond acceptors (Lipinski definition) is 4. The molecule has 4 rings (SSSR count). The first-order valence-electron chi connectivity index (χ1n) is 10.3. The first kappa shape index (κ1) is 19.3. The highest BCUT2D eigenvalue weighted by atomic mass is 16.5. The van der Waals surface area contributed by atoms with E-state index in [2.05, 4.69) is 16.0 Å². The molecule has 1 atom stereocenters. The van der Waals surface area contributed by atoms with E-state index in [0.29, 0.717) is 18.3 Å². The molecule has 0 radical (unpaired) electrons. The Bertz CT molecular complexity index is 926. The normalized spacial score (nSPS) is 16.0. The van der Waals surface area contributed by atoms with Gasteiger partial charge in [0.2, 0.25) is 0 Å². The molecule has 6 heteroatoms. The van der Waals surface area contributed by atoms with Crippen LogP contribution in [0.15, 0.2) is 48.7 Å². The van der Waals surface area contributed by atoms with Crippen molar-refractivity contribution < 1.29 is 14.3 Å². The van der Waals surface area contributed by atoms with Crippen LogP contribution in [-0.4, -0.2) is 46.6 Å². The number of carbonyl (C=O) groups excluding carboxylic acids is 1. The Labute approximate surface area is 170 Å². The second-order valence-electron chi connectivity index (χ2n) is 7.42. The summed E-state index contributed by atoms with van der Waals surface area (Å²) in [5.41, 5.74) is 3.28. The summed E-state index contributed by atoms with van der Waals surface area (Å²) in [5.74, 6) is 1.94. The van der Waals surface area contributed by atoms with Gasteiger partial charge in [-0.05, 0) is 69.2 Å². The summed E-state index contributed by atoms with van der Waals surface area (Å²) < 4.78 is 11.3. The maximum absolute atomic E-state index is 12.8. The molecule has 29 heavy (non-hydrogen) atoms. The number of nitrogens with one attached hydrogen (secondary N) is 1. The minimum atomic E-state index is -0.512. The van der Waals surface area contributed by atoms with E-state index in [4.69, 9.17) is 9.47 Å². The number of hydrogen-bond donors (Lipinski definition) is 1. The number of likely N-dealkylation sites (tertiary alicyclic amines) is 1. The molecule has 0 spiro atoms. The van der Waals surface area contributed by atoms with Crippen molar-refractivity contribution in [2.75, 3.05) is 19.7 Å². The van der Waals surface area contributed by atoms with Crippen LogP contribution in [0.4, 0.5) is 0 Å². The zero-order chi connectivity index (χ0) is 20.2. The number of rotatable bonds is 6. The fourth-order valence-corrected chi connectivity index (χ4v) is 3.90. The molecule has 0 unspecified atom stereocenters. The topological polar surface area (TPSA) is 67.5 Å². The van der Waals surface area contributed by atoms with Gasteiger partial charge in [0, 0.05) is 30.9 Å². The fraction of sp³-hybridized carbons (Fsp3) is 0.391. The molecule has 152 valence electrons. The highest BCUT2D eigenvalue weighted by Crippen LogP contribution is 2.30. The van der Waals surface area contributed by atoms with Gasteiger partial charge in [0.1, 0.15) is 11.5 Å². The zero-order valence-corrected chi connectivity index (χ0v) is 16.9. The lowest BCUT2D eigenvalue weighted by atomic mass is 9.93. The van der Waals surface area contributed by atoms with Crippen LogP contribution in [0.3, 0.4) is 0 Å². The molecule has 1 amide bonds. The van der Waals surface area contributed by atoms with E-state index >= 15 is 0 Å². The molecular weight excluding hydrogens is 366 g/mol. The summed E-state index contributed by atoms with van der Waals surface area (Å²) in [5, 5.41) is 0. The van der Waals surface area contributed by atoms with Crippen LogP contribution in [0, 0.1) is 0 Å². The molecule has 1 N–H and O–H groups in total. The van der Waals surface area contributed by atoms with Gasteiger partial charge in [-0.25, -0.2) is 0 Å². The molecule has 1 aromatic carbocycles. The Kier molecular flexibility index (Phi) is 5.69. The first-order valence-corrected chi connectivity index (χ1v) is 10.3. The third-order valence-electron chi connectivity index (χ3n) is 5.45. The zero-order valence-electron chi connectivity index (χ0n) is 16.9. The average Bonchev–Trinajstić information content (AvgIpc) is 3.19. The summed E-state index contributed by atoms with van der Waals surface area (Å²) in [4.78, 5) is 22.6. The highest BCUT2D eigenvalue weighted by molar-refractivity contribution is 5.81. The van der Waals surface area contributed by atoms with Gasteiger partial charge in [0.05, 0.1) is 17.6 Å². The van der Waals surface area contributed by atoms with E-state index < -0.39 is 6.10 Å². The Morgan fingerprint density at radius 2 is 1.93 bits per heavy atom. The number of aromatic amines is 1. The minimum Gasteiger partial charge on any atom is -0.494 e. The fourth-order valence-electron chi connectivity index (χ4n) is 3.90. The van der Waals surface area contributed by atoms with Gasteiger partial charge >= 0.3 is 0 Å². The van der Waals surface area contributed by atoms with E-state index in [0.717, 1.165) is 42.7 Å². The lowest BCUT2D eigenvalue weighted by Crippen LogP contribution is -2.44. The molecule has 0 aliphatic carbocycles. The summed E-state index contributed by atoms with van der Waals surface area (Å²) in [7, 11) is 0. The number of ether oxygens (including phenoxy) is 2. The van der Waals surface area contributed by atoms with Crippen LogP contribution < -0.4 is 9.47 Å². The van der Waals surface area contributed by atoms with Gasteiger partial charge in [-0.2, -0.15) is 0 Å². The number of H-pyrrole nitrogens is 1. The average molecular weight is 393 g/mol. The standard InChI is InChI=1S/C23H27N3O3/c1-3-28-18-6-8-19(9-7-18)29-16(2)23(27)26-13-10-17(11-14-26)21-15-22-20(25-21)5-4-12-24-22/h4-9,12,15-17,25H,3,10-11,13-14H2,1-2H3/t16-/m0/s1. The third kappa shape index (κ3) is 4.36. The van der Waals surface area contributed by atoms with Gasteiger partial charge in [-0.3, -0.25) is 9.78 Å².